The second-order valence-electron chi connectivity index (χ2n) is 10.6. The van der Waals surface area contributed by atoms with Crippen LogP contribution in [0.25, 0.3) is 0 Å². The predicted octanol–water partition coefficient (Wildman–Crippen LogP) is 3.58. The smallest absolute Gasteiger partial charge is 0.313 e. The molecule has 204 valence electrons. The van der Waals surface area contributed by atoms with E-state index < -0.39 is 41.1 Å². The van der Waals surface area contributed by atoms with Crippen molar-refractivity contribution in [3.63, 3.8) is 0 Å². The number of hydrogen-bond acceptors (Lipinski definition) is 6. The Labute approximate surface area is 228 Å². The molecule has 1 N–H and O–H groups in total. The van der Waals surface area contributed by atoms with Gasteiger partial charge in [0.25, 0.3) is 5.91 Å². The van der Waals surface area contributed by atoms with Gasteiger partial charge < -0.3 is 24.4 Å². The van der Waals surface area contributed by atoms with Crippen LogP contribution >= 0.6 is 11.6 Å². The molecule has 1 unspecified atom stereocenters. The summed E-state index contributed by atoms with van der Waals surface area (Å²) in [5, 5.41) is 10.7. The van der Waals surface area contributed by atoms with Crippen LogP contribution in [-0.4, -0.2) is 70.8 Å². The lowest BCUT2D eigenvalue weighted by Gasteiger charge is -2.40. The summed E-state index contributed by atoms with van der Waals surface area (Å²) in [5.74, 6) is -3.13. The fourth-order valence-electron chi connectivity index (χ4n) is 6.79. The van der Waals surface area contributed by atoms with Crippen LogP contribution in [0.1, 0.15) is 45.1 Å². The number of carbonyl (C=O) groups is 3. The number of aryl methyl sites for hydroxylation is 1. The molecule has 5 rings (SSSR count). The Kier molecular flexibility index (Phi) is 7.18. The number of benzene rings is 1. The van der Waals surface area contributed by atoms with Gasteiger partial charge in [-0.1, -0.05) is 61.9 Å². The Bertz CT molecular complexity index is 1180. The van der Waals surface area contributed by atoms with Gasteiger partial charge in [-0.3, -0.25) is 14.4 Å². The first kappa shape index (κ1) is 26.9. The van der Waals surface area contributed by atoms with Gasteiger partial charge in [0.15, 0.2) is 0 Å². The maximum atomic E-state index is 14.6. The van der Waals surface area contributed by atoms with Gasteiger partial charge >= 0.3 is 5.97 Å². The van der Waals surface area contributed by atoms with Gasteiger partial charge in [0, 0.05) is 6.54 Å². The number of esters is 1. The predicted molar refractivity (Wildman–Crippen MR) is 143 cm³/mol. The minimum atomic E-state index is -1.41. The summed E-state index contributed by atoms with van der Waals surface area (Å²) in [5.41, 5.74) is -1.13. The summed E-state index contributed by atoms with van der Waals surface area (Å²) in [4.78, 5) is 45.6. The molecule has 0 aromatic heterocycles. The quantitative estimate of drug-likeness (QED) is 0.451. The fraction of sp³-hybridized carbons (Fsp3) is 0.552. The number of aliphatic hydroxyl groups excluding tert-OH is 1. The van der Waals surface area contributed by atoms with Crippen LogP contribution in [0.5, 0.6) is 0 Å². The number of amides is 2. The van der Waals surface area contributed by atoms with E-state index in [2.05, 4.69) is 0 Å². The molecule has 1 spiro atoms. The number of allylic oxidation sites excluding steroid dienone is 1. The van der Waals surface area contributed by atoms with Crippen LogP contribution in [0.3, 0.4) is 0 Å². The minimum absolute atomic E-state index is 0.222. The molecule has 0 aliphatic carbocycles. The van der Waals surface area contributed by atoms with Gasteiger partial charge in [-0.2, -0.15) is 0 Å². The van der Waals surface area contributed by atoms with Crippen molar-refractivity contribution < 1.29 is 29.0 Å². The van der Waals surface area contributed by atoms with E-state index in [1.165, 1.54) is 4.90 Å². The van der Waals surface area contributed by atoms with E-state index in [0.717, 1.165) is 5.56 Å². The van der Waals surface area contributed by atoms with Crippen molar-refractivity contribution in [1.82, 2.24) is 4.90 Å². The number of anilines is 1. The number of aliphatic hydroxyl groups is 1. The molecule has 38 heavy (non-hydrogen) atoms. The zero-order valence-corrected chi connectivity index (χ0v) is 22.8. The standard InChI is InChI=1S/C29H35ClN2O6/c1-4-19(17-33)32-24-26(35)31(23-18(3)11-9-12-20(23)30)15-10-14-29(24)21(25(32)34)22-27(36)37-16-8-6-7-13-28(22,5-2)38-29/h7,9-14,19,21-22,24,33H,4-6,8,15-17H2,1-3H3/b13-7-/t19-,21-,22+,24?,28-,29-/m0/s1. The Hall–Kier alpha value is -2.68. The van der Waals surface area contributed by atoms with Crippen molar-refractivity contribution in [2.75, 3.05) is 24.7 Å². The molecule has 6 atom stereocenters. The van der Waals surface area contributed by atoms with E-state index in [1.54, 1.807) is 17.0 Å². The summed E-state index contributed by atoms with van der Waals surface area (Å²) in [6.07, 6.45) is 9.75. The van der Waals surface area contributed by atoms with Crippen LogP contribution in [0.15, 0.2) is 42.5 Å². The van der Waals surface area contributed by atoms with Gasteiger partial charge in [-0.15, -0.1) is 0 Å². The monoisotopic (exact) mass is 542 g/mol. The lowest BCUT2D eigenvalue weighted by Crippen LogP contribution is -2.59. The van der Waals surface area contributed by atoms with E-state index in [-0.39, 0.29) is 31.6 Å². The topological polar surface area (TPSA) is 96.4 Å². The average molecular weight is 543 g/mol. The second kappa shape index (κ2) is 10.1. The number of rotatable bonds is 5. The Morgan fingerprint density at radius 2 is 1.92 bits per heavy atom. The molecule has 4 aliphatic heterocycles. The van der Waals surface area contributed by atoms with E-state index in [4.69, 9.17) is 21.1 Å². The highest BCUT2D eigenvalue weighted by Gasteiger charge is 2.75. The van der Waals surface area contributed by atoms with Gasteiger partial charge in [0.2, 0.25) is 5.91 Å². The number of fused-ring (bicyclic) bond motifs is 2. The van der Waals surface area contributed by atoms with E-state index >= 15 is 0 Å². The van der Waals surface area contributed by atoms with Crippen LogP contribution in [0, 0.1) is 18.8 Å². The number of ether oxygens (including phenoxy) is 2. The summed E-state index contributed by atoms with van der Waals surface area (Å²) in [6.45, 7) is 5.81. The zero-order chi connectivity index (χ0) is 27.2. The number of para-hydroxylation sites is 1. The van der Waals surface area contributed by atoms with Crippen molar-refractivity contribution in [1.29, 1.82) is 0 Å². The average Bonchev–Trinajstić information content (AvgIpc) is 3.28. The first-order valence-electron chi connectivity index (χ1n) is 13.5. The highest BCUT2D eigenvalue weighted by Crippen LogP contribution is 2.59. The number of cyclic esters (lactones) is 1. The normalized spacial score (nSPS) is 34.4. The third-order valence-electron chi connectivity index (χ3n) is 8.60. The molecule has 1 aromatic rings. The van der Waals surface area contributed by atoms with Gasteiger partial charge in [-0.05, 0) is 44.2 Å². The van der Waals surface area contributed by atoms with Gasteiger partial charge in [-0.25, -0.2) is 0 Å². The fourth-order valence-corrected chi connectivity index (χ4v) is 7.11. The maximum Gasteiger partial charge on any atom is 0.313 e. The first-order valence-corrected chi connectivity index (χ1v) is 13.9. The Morgan fingerprint density at radius 3 is 2.61 bits per heavy atom. The molecular weight excluding hydrogens is 508 g/mol. The summed E-state index contributed by atoms with van der Waals surface area (Å²) in [6, 6.07) is 3.72. The lowest BCUT2D eigenvalue weighted by molar-refractivity contribution is -0.161. The molecule has 2 amide bonds. The zero-order valence-electron chi connectivity index (χ0n) is 22.1. The Morgan fingerprint density at radius 1 is 1.13 bits per heavy atom. The van der Waals surface area contributed by atoms with Crippen LogP contribution in [0.2, 0.25) is 5.02 Å². The SMILES string of the molecule is CC[C@@H](CO)N1C(=O)[C@@H]2[C@@H]3C(=O)OCCC/C=C\[C@]3(CC)O[C@@]23C=CCN(c2c(C)cccc2Cl)C(=O)C13. The van der Waals surface area contributed by atoms with Gasteiger partial charge in [0.1, 0.15) is 23.2 Å². The Balaban J connectivity index is 1.72. The number of halogens is 1. The molecule has 4 heterocycles. The number of hydrogen-bond donors (Lipinski definition) is 1. The number of nitrogens with zero attached hydrogens (tertiary/aromatic N) is 2. The first-order chi connectivity index (χ1) is 18.3. The highest BCUT2D eigenvalue weighted by molar-refractivity contribution is 6.34. The molecule has 2 fully saturated rings. The molecule has 0 radical (unpaired) electrons. The lowest BCUT2D eigenvalue weighted by atomic mass is 9.73. The molecule has 2 saturated heterocycles. The summed E-state index contributed by atoms with van der Waals surface area (Å²) in [7, 11) is 0. The van der Waals surface area contributed by atoms with Crippen LogP contribution < -0.4 is 4.90 Å². The molecule has 0 saturated carbocycles. The summed E-state index contributed by atoms with van der Waals surface area (Å²) < 4.78 is 12.6. The van der Waals surface area contributed by atoms with Crippen molar-refractivity contribution >= 4 is 35.1 Å². The van der Waals surface area contributed by atoms with Crippen LogP contribution in [0.4, 0.5) is 5.69 Å². The van der Waals surface area contributed by atoms with Crippen molar-refractivity contribution in [3.05, 3.63) is 53.1 Å². The van der Waals surface area contributed by atoms with E-state index in [9.17, 15) is 19.5 Å². The molecule has 4 aliphatic rings. The van der Waals surface area contributed by atoms with Crippen molar-refractivity contribution in [3.8, 4) is 0 Å². The second-order valence-corrected chi connectivity index (χ2v) is 11.0. The molecular formula is C29H35ClN2O6. The third-order valence-corrected chi connectivity index (χ3v) is 8.91. The largest absolute Gasteiger partial charge is 0.465 e. The highest BCUT2D eigenvalue weighted by atomic mass is 35.5. The molecule has 9 heteroatoms. The van der Waals surface area contributed by atoms with Gasteiger partial charge in [0.05, 0.1) is 35.9 Å². The molecule has 0 bridgehead atoms. The minimum Gasteiger partial charge on any atom is -0.465 e. The van der Waals surface area contributed by atoms with Crippen molar-refractivity contribution in [2.24, 2.45) is 11.8 Å². The van der Waals surface area contributed by atoms with E-state index in [0.29, 0.717) is 36.4 Å². The third kappa shape index (κ3) is 3.83. The maximum absolute atomic E-state index is 14.6. The van der Waals surface area contributed by atoms with Crippen molar-refractivity contribution in [2.45, 2.75) is 69.7 Å². The summed E-state index contributed by atoms with van der Waals surface area (Å²) >= 11 is 6.59. The van der Waals surface area contributed by atoms with E-state index in [1.807, 2.05) is 51.1 Å². The number of likely N-dealkylation sites (tertiary alicyclic amines) is 1. The molecule has 1 aromatic carbocycles. The van der Waals surface area contributed by atoms with Crippen LogP contribution in [-0.2, 0) is 23.9 Å². The molecule has 8 nitrogen and oxygen atoms in total. The number of carbonyl (C=O) groups excluding carboxylic acids is 3.